The Kier molecular flexibility index (Phi) is 5.26. The number of hydrogen-bond acceptors (Lipinski definition) is 2. The topological polar surface area (TPSA) is 17.8 Å². The maximum atomic E-state index is 12.9. The molecular weight excluding hydrogens is 354 g/mol. The Bertz CT molecular complexity index is 782. The Labute approximate surface area is 148 Å². The molecule has 0 atom stereocenters. The molecule has 1 heterocycles. The van der Waals surface area contributed by atoms with Gasteiger partial charge in [-0.2, -0.15) is 0 Å². The van der Waals surface area contributed by atoms with Crippen LogP contribution in [0.2, 0.25) is 10.0 Å². The van der Waals surface area contributed by atoms with Crippen LogP contribution in [0.1, 0.15) is 11.4 Å². The third-order valence-electron chi connectivity index (χ3n) is 3.26. The summed E-state index contributed by atoms with van der Waals surface area (Å²) in [6, 6.07) is 12.0. The average Bonchev–Trinajstić information content (AvgIpc) is 2.93. The van der Waals surface area contributed by atoms with Crippen LogP contribution < -0.4 is 0 Å². The van der Waals surface area contributed by atoms with Crippen molar-refractivity contribution in [2.75, 3.05) is 0 Å². The number of benzene rings is 2. The van der Waals surface area contributed by atoms with Gasteiger partial charge in [-0.1, -0.05) is 23.2 Å². The summed E-state index contributed by atoms with van der Waals surface area (Å²) in [4.78, 5) is 5.40. The zero-order valence-electron chi connectivity index (χ0n) is 12.0. The molecule has 3 rings (SSSR count). The smallest absolute Gasteiger partial charge is 0.123 e. The van der Waals surface area contributed by atoms with Gasteiger partial charge < -0.3 is 4.57 Å². The van der Waals surface area contributed by atoms with E-state index in [4.69, 9.17) is 23.2 Å². The third kappa shape index (κ3) is 4.50. The van der Waals surface area contributed by atoms with E-state index in [9.17, 15) is 4.39 Å². The van der Waals surface area contributed by atoms with Crippen molar-refractivity contribution in [1.82, 2.24) is 9.55 Å². The summed E-state index contributed by atoms with van der Waals surface area (Å²) >= 11 is 13.7. The van der Waals surface area contributed by atoms with Gasteiger partial charge in [-0.15, -0.1) is 11.8 Å². The first-order chi connectivity index (χ1) is 11.1. The minimum Gasteiger partial charge on any atom is -0.330 e. The van der Waals surface area contributed by atoms with Gasteiger partial charge in [-0.25, -0.2) is 9.37 Å². The van der Waals surface area contributed by atoms with Gasteiger partial charge in [0.25, 0.3) is 0 Å². The van der Waals surface area contributed by atoms with E-state index in [2.05, 4.69) is 9.55 Å². The van der Waals surface area contributed by atoms with Crippen molar-refractivity contribution < 1.29 is 4.39 Å². The number of imidazole rings is 1. The van der Waals surface area contributed by atoms with E-state index in [1.54, 1.807) is 36.2 Å². The van der Waals surface area contributed by atoms with Crippen LogP contribution in [0.15, 0.2) is 59.8 Å². The van der Waals surface area contributed by atoms with E-state index in [-0.39, 0.29) is 5.82 Å². The monoisotopic (exact) mass is 366 g/mol. The van der Waals surface area contributed by atoms with E-state index >= 15 is 0 Å². The molecule has 0 amide bonds. The molecule has 23 heavy (non-hydrogen) atoms. The highest BCUT2D eigenvalue weighted by Crippen LogP contribution is 2.24. The van der Waals surface area contributed by atoms with Crippen LogP contribution in [0, 0.1) is 5.82 Å². The molecule has 2 nitrogen and oxygen atoms in total. The largest absolute Gasteiger partial charge is 0.330 e. The molecule has 6 heteroatoms. The maximum absolute atomic E-state index is 12.9. The molecule has 0 N–H and O–H groups in total. The van der Waals surface area contributed by atoms with Gasteiger partial charge in [-0.05, 0) is 48.0 Å². The normalized spacial score (nSPS) is 10.9. The minimum absolute atomic E-state index is 0.228. The third-order valence-corrected chi connectivity index (χ3v) is 4.70. The fourth-order valence-electron chi connectivity index (χ4n) is 2.20. The number of nitrogens with zero attached hydrogens (tertiary/aromatic N) is 2. The highest BCUT2D eigenvalue weighted by atomic mass is 35.5. The molecule has 0 aliphatic heterocycles. The second kappa shape index (κ2) is 7.39. The first-order valence-electron chi connectivity index (χ1n) is 6.93. The van der Waals surface area contributed by atoms with Crippen molar-refractivity contribution >= 4 is 35.0 Å². The van der Waals surface area contributed by atoms with E-state index in [0.717, 1.165) is 16.3 Å². The Morgan fingerprint density at radius 3 is 2.43 bits per heavy atom. The molecular formula is C17H13Cl2FN2S. The number of rotatable bonds is 5. The zero-order chi connectivity index (χ0) is 16.2. The van der Waals surface area contributed by atoms with Gasteiger partial charge in [0, 0.05) is 33.9 Å². The summed E-state index contributed by atoms with van der Waals surface area (Å²) in [6.07, 6.45) is 3.70. The molecule has 118 valence electrons. The van der Waals surface area contributed by atoms with Crippen LogP contribution in [0.25, 0.3) is 0 Å². The van der Waals surface area contributed by atoms with Crippen LogP contribution >= 0.6 is 35.0 Å². The van der Waals surface area contributed by atoms with E-state index in [0.29, 0.717) is 22.3 Å². The standard InChI is InChI=1S/C17H13Cl2FN2S/c18-13-7-12(8-14(19)9-13)10-22-6-5-21-17(22)11-23-16-3-1-15(20)2-4-16/h1-9H,10-11H2. The molecule has 0 saturated heterocycles. The van der Waals surface area contributed by atoms with Crippen molar-refractivity contribution in [3.63, 3.8) is 0 Å². The van der Waals surface area contributed by atoms with Gasteiger partial charge in [0.15, 0.2) is 0 Å². The Balaban J connectivity index is 1.70. The quantitative estimate of drug-likeness (QED) is 0.541. The van der Waals surface area contributed by atoms with Gasteiger partial charge in [0.1, 0.15) is 11.6 Å². The molecule has 0 bridgehead atoms. The zero-order valence-corrected chi connectivity index (χ0v) is 14.4. The summed E-state index contributed by atoms with van der Waals surface area (Å²) in [5.74, 6) is 1.41. The summed E-state index contributed by atoms with van der Waals surface area (Å²) in [5.41, 5.74) is 1.02. The summed E-state index contributed by atoms with van der Waals surface area (Å²) in [7, 11) is 0. The van der Waals surface area contributed by atoms with Crippen LogP contribution in [0.4, 0.5) is 4.39 Å². The highest BCUT2D eigenvalue weighted by molar-refractivity contribution is 7.98. The number of thioether (sulfide) groups is 1. The molecule has 0 spiro atoms. The molecule has 0 aliphatic carbocycles. The number of halogens is 3. The van der Waals surface area contributed by atoms with Crippen LogP contribution in [-0.4, -0.2) is 9.55 Å². The predicted molar refractivity (Wildman–Crippen MR) is 93.8 cm³/mol. The van der Waals surface area contributed by atoms with Gasteiger partial charge in [-0.3, -0.25) is 0 Å². The van der Waals surface area contributed by atoms with Crippen LogP contribution in [0.5, 0.6) is 0 Å². The van der Waals surface area contributed by atoms with Crippen molar-refractivity contribution in [3.05, 3.63) is 82.1 Å². The molecule has 0 unspecified atom stereocenters. The van der Waals surface area contributed by atoms with Crippen molar-refractivity contribution in [3.8, 4) is 0 Å². The first kappa shape index (κ1) is 16.4. The lowest BCUT2D eigenvalue weighted by molar-refractivity contribution is 0.626. The Morgan fingerprint density at radius 2 is 1.74 bits per heavy atom. The van der Waals surface area contributed by atoms with Crippen molar-refractivity contribution in [1.29, 1.82) is 0 Å². The average molecular weight is 367 g/mol. The lowest BCUT2D eigenvalue weighted by Crippen LogP contribution is -2.03. The molecule has 2 aromatic carbocycles. The van der Waals surface area contributed by atoms with E-state index in [1.165, 1.54) is 12.1 Å². The lowest BCUT2D eigenvalue weighted by Gasteiger charge is -2.09. The fourth-order valence-corrected chi connectivity index (χ4v) is 3.64. The summed E-state index contributed by atoms with van der Waals surface area (Å²) in [5, 5.41) is 1.24. The second-order valence-corrected chi connectivity index (χ2v) is 6.91. The molecule has 0 aliphatic rings. The Morgan fingerprint density at radius 1 is 1.04 bits per heavy atom. The van der Waals surface area contributed by atoms with Crippen LogP contribution in [0.3, 0.4) is 0 Å². The number of hydrogen-bond donors (Lipinski definition) is 0. The van der Waals surface area contributed by atoms with Crippen molar-refractivity contribution in [2.45, 2.75) is 17.2 Å². The van der Waals surface area contributed by atoms with Gasteiger partial charge in [0.2, 0.25) is 0 Å². The molecule has 0 radical (unpaired) electrons. The number of aromatic nitrogens is 2. The Hall–Kier alpha value is -1.49. The highest BCUT2D eigenvalue weighted by Gasteiger charge is 2.06. The van der Waals surface area contributed by atoms with Crippen LogP contribution in [-0.2, 0) is 12.3 Å². The van der Waals surface area contributed by atoms with E-state index < -0.39 is 0 Å². The van der Waals surface area contributed by atoms with Gasteiger partial charge >= 0.3 is 0 Å². The molecule has 0 saturated carbocycles. The summed E-state index contributed by atoms with van der Waals surface area (Å²) < 4.78 is 15.0. The lowest BCUT2D eigenvalue weighted by atomic mass is 10.2. The minimum atomic E-state index is -0.228. The van der Waals surface area contributed by atoms with Gasteiger partial charge in [0.05, 0.1) is 5.75 Å². The fraction of sp³-hybridized carbons (Fsp3) is 0.118. The maximum Gasteiger partial charge on any atom is 0.123 e. The van der Waals surface area contributed by atoms with E-state index in [1.807, 2.05) is 18.3 Å². The predicted octanol–water partition coefficient (Wildman–Crippen LogP) is 5.67. The SMILES string of the molecule is Fc1ccc(SCc2nccn2Cc2cc(Cl)cc(Cl)c2)cc1. The summed E-state index contributed by atoms with van der Waals surface area (Å²) in [6.45, 7) is 0.652. The molecule has 3 aromatic rings. The molecule has 1 aromatic heterocycles. The first-order valence-corrected chi connectivity index (χ1v) is 8.67. The molecule has 0 fully saturated rings. The van der Waals surface area contributed by atoms with Crippen molar-refractivity contribution in [2.24, 2.45) is 0 Å². The second-order valence-electron chi connectivity index (χ2n) is 4.99.